The van der Waals surface area contributed by atoms with Gasteiger partial charge in [-0.2, -0.15) is 4.79 Å². The Morgan fingerprint density at radius 2 is 2.05 bits per heavy atom. The Morgan fingerprint density at radius 3 is 2.55 bits per heavy atom. The number of hydrogen-bond acceptors (Lipinski definition) is 4. The lowest BCUT2D eigenvalue weighted by molar-refractivity contribution is -0.139. The van der Waals surface area contributed by atoms with Crippen LogP contribution < -0.4 is 0 Å². The fraction of sp³-hybridized carbons (Fsp3) is 0.167. The summed E-state index contributed by atoms with van der Waals surface area (Å²) < 4.78 is 17.7. The first kappa shape index (κ1) is 15.7. The van der Waals surface area contributed by atoms with Gasteiger partial charge >= 0.3 is 11.7 Å². The molecule has 0 atom stereocenters. The van der Waals surface area contributed by atoms with E-state index in [9.17, 15) is 18.8 Å². The summed E-state index contributed by atoms with van der Waals surface area (Å²) in [6.07, 6.45) is -0.880. The third kappa shape index (κ3) is 3.34. The molecule has 1 rings (SSSR count). The second-order valence-corrected chi connectivity index (χ2v) is 3.97. The van der Waals surface area contributed by atoms with Gasteiger partial charge in [0.2, 0.25) is 0 Å². The van der Waals surface area contributed by atoms with Gasteiger partial charge in [0.1, 0.15) is 5.82 Å². The minimum absolute atomic E-state index is 0.164. The Balaban J connectivity index is 3.00. The van der Waals surface area contributed by atoms with Crippen molar-refractivity contribution in [1.29, 1.82) is 0 Å². The summed E-state index contributed by atoms with van der Waals surface area (Å²) >= 11 is 5.67. The highest BCUT2D eigenvalue weighted by Gasteiger charge is 2.33. The summed E-state index contributed by atoms with van der Waals surface area (Å²) in [6, 6.07) is 3.58. The van der Waals surface area contributed by atoms with Crippen LogP contribution in [-0.2, 0) is 14.3 Å². The van der Waals surface area contributed by atoms with Crippen molar-refractivity contribution < 1.29 is 28.3 Å². The summed E-state index contributed by atoms with van der Waals surface area (Å²) in [5.74, 6) is -4.15. The maximum Gasteiger partial charge on any atom is 0.441 e. The van der Waals surface area contributed by atoms with E-state index in [4.69, 9.17) is 17.1 Å². The van der Waals surface area contributed by atoms with E-state index in [1.54, 1.807) is 0 Å². The van der Waals surface area contributed by atoms with Crippen molar-refractivity contribution in [3.05, 3.63) is 40.1 Å². The highest BCUT2D eigenvalue weighted by molar-refractivity contribution is 6.63. The first-order valence-corrected chi connectivity index (χ1v) is 5.61. The SMILES string of the molecule is COC(=O)C(=[N+]=[N-])C(=O)CC(=O)c1c(F)cccc1Cl. The lowest BCUT2D eigenvalue weighted by Gasteiger charge is -2.03. The van der Waals surface area contributed by atoms with Crippen molar-refractivity contribution in [2.75, 3.05) is 7.11 Å². The highest BCUT2D eigenvalue weighted by atomic mass is 35.5. The van der Waals surface area contributed by atoms with E-state index in [0.717, 1.165) is 13.2 Å². The zero-order chi connectivity index (χ0) is 15.3. The van der Waals surface area contributed by atoms with Crippen LogP contribution in [-0.4, -0.2) is 35.1 Å². The Bertz CT molecular complexity index is 618. The van der Waals surface area contributed by atoms with E-state index in [2.05, 4.69) is 9.53 Å². The third-order valence-corrected chi connectivity index (χ3v) is 2.62. The van der Waals surface area contributed by atoms with Crippen LogP contribution in [0.1, 0.15) is 16.8 Å². The Morgan fingerprint density at radius 1 is 1.40 bits per heavy atom. The zero-order valence-electron chi connectivity index (χ0n) is 10.2. The van der Waals surface area contributed by atoms with Crippen LogP contribution >= 0.6 is 11.6 Å². The van der Waals surface area contributed by atoms with E-state index in [-0.39, 0.29) is 5.02 Å². The van der Waals surface area contributed by atoms with Crippen molar-refractivity contribution in [2.24, 2.45) is 0 Å². The van der Waals surface area contributed by atoms with Crippen LogP contribution in [0.3, 0.4) is 0 Å². The van der Waals surface area contributed by atoms with Gasteiger partial charge < -0.3 is 10.3 Å². The minimum atomic E-state index is -1.20. The van der Waals surface area contributed by atoms with Gasteiger partial charge in [-0.1, -0.05) is 17.7 Å². The average molecular weight is 299 g/mol. The van der Waals surface area contributed by atoms with Crippen LogP contribution in [0.25, 0.3) is 5.53 Å². The minimum Gasteiger partial charge on any atom is -0.460 e. The van der Waals surface area contributed by atoms with E-state index in [1.165, 1.54) is 12.1 Å². The third-order valence-electron chi connectivity index (χ3n) is 2.31. The van der Waals surface area contributed by atoms with E-state index < -0.39 is 41.0 Å². The Hall–Kier alpha value is -2.37. The molecular formula is C12H8ClFN2O4. The van der Waals surface area contributed by atoms with E-state index >= 15 is 0 Å². The van der Waals surface area contributed by atoms with Gasteiger partial charge in [0.25, 0.3) is 5.78 Å². The first-order chi connectivity index (χ1) is 9.42. The van der Waals surface area contributed by atoms with Crippen LogP contribution in [0.15, 0.2) is 18.2 Å². The van der Waals surface area contributed by atoms with Crippen molar-refractivity contribution in [2.45, 2.75) is 6.42 Å². The zero-order valence-corrected chi connectivity index (χ0v) is 11.0. The summed E-state index contributed by atoms with van der Waals surface area (Å²) in [4.78, 5) is 37.0. The van der Waals surface area contributed by atoms with Gasteiger partial charge in [-0.05, 0) is 12.1 Å². The molecule has 0 aliphatic carbocycles. The summed E-state index contributed by atoms with van der Waals surface area (Å²) in [6.45, 7) is 0. The molecule has 0 unspecified atom stereocenters. The maximum atomic E-state index is 13.5. The number of halogens is 2. The average Bonchev–Trinajstić information content (AvgIpc) is 2.38. The number of hydrogen-bond donors (Lipinski definition) is 0. The first-order valence-electron chi connectivity index (χ1n) is 5.23. The number of ketones is 2. The van der Waals surface area contributed by atoms with Gasteiger partial charge in [0, 0.05) is 0 Å². The van der Waals surface area contributed by atoms with Gasteiger partial charge in [0.05, 0.1) is 24.1 Å². The van der Waals surface area contributed by atoms with Crippen LogP contribution in [0.4, 0.5) is 4.39 Å². The maximum absolute atomic E-state index is 13.5. The second kappa shape index (κ2) is 6.70. The molecule has 8 heteroatoms. The molecule has 0 saturated carbocycles. The molecule has 0 spiro atoms. The van der Waals surface area contributed by atoms with Gasteiger partial charge in [-0.3, -0.25) is 9.59 Å². The molecule has 1 aromatic carbocycles. The van der Waals surface area contributed by atoms with Gasteiger partial charge in [0.15, 0.2) is 5.78 Å². The molecule has 1 aromatic rings. The Labute approximate surface area is 117 Å². The predicted octanol–water partition coefficient (Wildman–Crippen LogP) is 1.46. The molecule has 0 saturated heterocycles. The number of benzene rings is 1. The van der Waals surface area contributed by atoms with Crippen molar-refractivity contribution >= 4 is 34.8 Å². The molecule has 20 heavy (non-hydrogen) atoms. The summed E-state index contributed by atoms with van der Waals surface area (Å²) in [5, 5.41) is -0.164. The monoisotopic (exact) mass is 298 g/mol. The van der Waals surface area contributed by atoms with Crippen LogP contribution in [0.5, 0.6) is 0 Å². The van der Waals surface area contributed by atoms with Crippen molar-refractivity contribution in [1.82, 2.24) is 0 Å². The quantitative estimate of drug-likeness (QED) is 0.205. The predicted molar refractivity (Wildman–Crippen MR) is 66.0 cm³/mol. The van der Waals surface area contributed by atoms with E-state index in [1.807, 2.05) is 0 Å². The molecule has 0 bridgehead atoms. The van der Waals surface area contributed by atoms with Crippen molar-refractivity contribution in [3.63, 3.8) is 0 Å². The smallest absolute Gasteiger partial charge is 0.441 e. The lowest BCUT2D eigenvalue weighted by Crippen LogP contribution is -2.28. The number of ether oxygens (including phenoxy) is 1. The molecule has 6 nitrogen and oxygen atoms in total. The van der Waals surface area contributed by atoms with Gasteiger partial charge in [-0.15, -0.1) is 0 Å². The highest BCUT2D eigenvalue weighted by Crippen LogP contribution is 2.20. The molecule has 0 aliphatic rings. The molecule has 104 valence electrons. The molecular weight excluding hydrogens is 291 g/mol. The normalized spacial score (nSPS) is 9.55. The molecule has 0 fully saturated rings. The second-order valence-electron chi connectivity index (χ2n) is 3.56. The fourth-order valence-corrected chi connectivity index (χ4v) is 1.66. The van der Waals surface area contributed by atoms with E-state index in [0.29, 0.717) is 0 Å². The van der Waals surface area contributed by atoms with Crippen LogP contribution in [0, 0.1) is 5.82 Å². The number of esters is 1. The number of Topliss-reactive ketones (excluding diaryl/α,β-unsaturated/α-hetero) is 2. The largest absolute Gasteiger partial charge is 0.460 e. The molecule has 0 amide bonds. The van der Waals surface area contributed by atoms with Gasteiger partial charge in [-0.25, -0.2) is 9.18 Å². The molecule has 0 heterocycles. The number of rotatable bonds is 5. The topological polar surface area (TPSA) is 96.8 Å². The number of carbonyl (C=O) groups is 3. The number of methoxy groups -OCH3 is 1. The standard InChI is InChI=1S/C12H8ClFN2O4/c1-20-12(19)11(16-15)9(18)5-8(17)10-6(13)3-2-4-7(10)14/h2-4H,5H2,1H3. The summed E-state index contributed by atoms with van der Waals surface area (Å²) in [5.41, 5.74) is 7.13. The summed E-state index contributed by atoms with van der Waals surface area (Å²) in [7, 11) is 0.969. The molecule has 0 aromatic heterocycles. The molecule has 0 aliphatic heterocycles. The van der Waals surface area contributed by atoms with Crippen LogP contribution in [0.2, 0.25) is 5.02 Å². The number of carbonyl (C=O) groups excluding carboxylic acids is 3. The fourth-order valence-electron chi connectivity index (χ4n) is 1.39. The lowest BCUT2D eigenvalue weighted by atomic mass is 10.0. The number of nitrogens with zero attached hydrogens (tertiary/aromatic N) is 2. The van der Waals surface area contributed by atoms with Crippen molar-refractivity contribution in [3.8, 4) is 0 Å². The molecule has 0 N–H and O–H groups in total. The molecule has 0 radical (unpaired) electrons. The Kier molecular flexibility index (Phi) is 5.25.